The first-order valence-electron chi connectivity index (χ1n) is 9.38. The monoisotopic (exact) mass is 395 g/mol. The summed E-state index contributed by atoms with van der Waals surface area (Å²) in [7, 11) is 3.11. The van der Waals surface area contributed by atoms with Gasteiger partial charge < -0.3 is 30.9 Å². The second-order valence-corrected chi connectivity index (χ2v) is 7.29. The Balaban J connectivity index is 2.64. The van der Waals surface area contributed by atoms with E-state index in [1.165, 1.54) is 6.92 Å². The van der Waals surface area contributed by atoms with Crippen LogP contribution in [0.4, 0.5) is 0 Å². The summed E-state index contributed by atoms with van der Waals surface area (Å²) < 4.78 is 10.4. The summed E-state index contributed by atoms with van der Waals surface area (Å²) in [4.78, 5) is 24.5. The third kappa shape index (κ3) is 8.14. The normalized spacial score (nSPS) is 14.1. The number of aliphatic hydroxyl groups is 1. The number of nitrogens with one attached hydrogen (secondary N) is 2. The van der Waals surface area contributed by atoms with Crippen molar-refractivity contribution < 1.29 is 24.2 Å². The van der Waals surface area contributed by atoms with Gasteiger partial charge in [0.2, 0.25) is 11.8 Å². The van der Waals surface area contributed by atoms with E-state index < -0.39 is 18.2 Å². The molecule has 158 valence electrons. The van der Waals surface area contributed by atoms with Crippen molar-refractivity contribution in [1.29, 1.82) is 0 Å². The molecule has 5 N–H and O–H groups in total. The number of nitrogens with two attached hydrogens (primary N) is 1. The van der Waals surface area contributed by atoms with Gasteiger partial charge in [-0.05, 0) is 37.0 Å². The average molecular weight is 396 g/mol. The Bertz CT molecular complexity index is 626. The molecule has 1 aromatic rings. The molecule has 28 heavy (non-hydrogen) atoms. The number of aliphatic hydroxyl groups excluding tert-OH is 1. The smallest absolute Gasteiger partial charge is 0.237 e. The van der Waals surface area contributed by atoms with E-state index in [0.717, 1.165) is 5.56 Å². The van der Waals surface area contributed by atoms with E-state index in [4.69, 9.17) is 15.2 Å². The summed E-state index contributed by atoms with van der Waals surface area (Å²) in [6, 6.07) is 3.94. The molecule has 1 rings (SSSR count). The van der Waals surface area contributed by atoms with Crippen LogP contribution in [0.15, 0.2) is 18.2 Å². The number of benzene rings is 1. The van der Waals surface area contributed by atoms with Crippen molar-refractivity contribution in [2.75, 3.05) is 14.2 Å². The van der Waals surface area contributed by atoms with Crippen LogP contribution < -0.4 is 25.8 Å². The van der Waals surface area contributed by atoms with Crippen molar-refractivity contribution in [2.45, 2.75) is 58.3 Å². The molecule has 0 bridgehead atoms. The Morgan fingerprint density at radius 2 is 1.68 bits per heavy atom. The fourth-order valence-electron chi connectivity index (χ4n) is 2.69. The first-order chi connectivity index (χ1) is 13.2. The molecule has 1 unspecified atom stereocenters. The van der Waals surface area contributed by atoms with Gasteiger partial charge in [0.05, 0.1) is 32.4 Å². The van der Waals surface area contributed by atoms with Crippen LogP contribution in [-0.2, 0) is 16.1 Å². The van der Waals surface area contributed by atoms with Gasteiger partial charge in [0.15, 0.2) is 0 Å². The zero-order valence-electron chi connectivity index (χ0n) is 17.3. The number of ether oxygens (including phenoxy) is 2. The lowest BCUT2D eigenvalue weighted by atomic mass is 10.0. The lowest BCUT2D eigenvalue weighted by Crippen LogP contribution is -2.51. The molecule has 1 aromatic carbocycles. The summed E-state index contributed by atoms with van der Waals surface area (Å²) >= 11 is 0. The fourth-order valence-corrected chi connectivity index (χ4v) is 2.69. The number of methoxy groups -OCH3 is 2. The van der Waals surface area contributed by atoms with E-state index in [1.54, 1.807) is 32.4 Å². The maximum atomic E-state index is 12.3. The third-order valence-electron chi connectivity index (χ3n) is 4.28. The van der Waals surface area contributed by atoms with Gasteiger partial charge in [0.1, 0.15) is 11.5 Å². The molecule has 0 aliphatic rings. The van der Waals surface area contributed by atoms with Gasteiger partial charge in [-0.2, -0.15) is 0 Å². The molecule has 3 atom stereocenters. The molecule has 0 spiro atoms. The van der Waals surface area contributed by atoms with Crippen molar-refractivity contribution in [3.8, 4) is 11.5 Å². The molecule has 0 aliphatic heterocycles. The predicted molar refractivity (Wildman–Crippen MR) is 107 cm³/mol. The van der Waals surface area contributed by atoms with Crippen molar-refractivity contribution in [3.63, 3.8) is 0 Å². The zero-order valence-corrected chi connectivity index (χ0v) is 17.3. The van der Waals surface area contributed by atoms with Gasteiger partial charge >= 0.3 is 0 Å². The van der Waals surface area contributed by atoms with E-state index in [0.29, 0.717) is 17.9 Å². The van der Waals surface area contributed by atoms with Crippen LogP contribution in [0.3, 0.4) is 0 Å². The number of hydrogen-bond donors (Lipinski definition) is 4. The molecule has 0 saturated heterocycles. The zero-order chi connectivity index (χ0) is 21.3. The molecule has 0 fully saturated rings. The Morgan fingerprint density at radius 1 is 1.11 bits per heavy atom. The van der Waals surface area contributed by atoms with Crippen LogP contribution in [0.5, 0.6) is 11.5 Å². The maximum Gasteiger partial charge on any atom is 0.237 e. The van der Waals surface area contributed by atoms with E-state index in [1.807, 2.05) is 13.8 Å². The molecule has 0 saturated carbocycles. The van der Waals surface area contributed by atoms with Gasteiger partial charge in [-0.1, -0.05) is 13.8 Å². The molecule has 8 heteroatoms. The van der Waals surface area contributed by atoms with Crippen LogP contribution in [0.1, 0.15) is 39.2 Å². The van der Waals surface area contributed by atoms with E-state index in [9.17, 15) is 14.7 Å². The lowest BCUT2D eigenvalue weighted by molar-refractivity contribution is -0.126. The second-order valence-electron chi connectivity index (χ2n) is 7.29. The van der Waals surface area contributed by atoms with Crippen LogP contribution in [0.2, 0.25) is 0 Å². The second kappa shape index (κ2) is 11.5. The third-order valence-corrected chi connectivity index (χ3v) is 4.28. The quantitative estimate of drug-likeness (QED) is 0.442. The summed E-state index contributed by atoms with van der Waals surface area (Å²) in [6.07, 6.45) is -0.418. The first kappa shape index (κ1) is 23.7. The van der Waals surface area contributed by atoms with E-state index in [2.05, 4.69) is 10.6 Å². The van der Waals surface area contributed by atoms with Gasteiger partial charge in [-0.3, -0.25) is 9.59 Å². The molecule has 0 aromatic heterocycles. The highest BCUT2D eigenvalue weighted by molar-refractivity contribution is 5.83. The number of amides is 2. The predicted octanol–water partition coefficient (Wildman–Crippen LogP) is 0.949. The summed E-state index contributed by atoms with van der Waals surface area (Å²) in [5.74, 6) is 0.845. The number of carbonyl (C=O) groups excluding carboxylic acids is 2. The molecule has 8 nitrogen and oxygen atoms in total. The van der Waals surface area contributed by atoms with Gasteiger partial charge in [-0.25, -0.2) is 0 Å². The molecule has 0 aliphatic carbocycles. The molecule has 0 radical (unpaired) electrons. The Labute approximate surface area is 166 Å². The van der Waals surface area contributed by atoms with E-state index in [-0.39, 0.29) is 30.7 Å². The highest BCUT2D eigenvalue weighted by Crippen LogP contribution is 2.22. The van der Waals surface area contributed by atoms with Crippen LogP contribution >= 0.6 is 0 Å². The average Bonchev–Trinajstić information content (AvgIpc) is 2.64. The fraction of sp³-hybridized carbons (Fsp3) is 0.600. The van der Waals surface area contributed by atoms with Crippen molar-refractivity contribution in [3.05, 3.63) is 23.8 Å². The Morgan fingerprint density at radius 3 is 2.14 bits per heavy atom. The van der Waals surface area contributed by atoms with Crippen molar-refractivity contribution >= 4 is 11.8 Å². The lowest BCUT2D eigenvalue weighted by Gasteiger charge is -2.23. The summed E-state index contributed by atoms with van der Waals surface area (Å²) in [5.41, 5.74) is 6.68. The topological polar surface area (TPSA) is 123 Å². The van der Waals surface area contributed by atoms with Crippen molar-refractivity contribution in [1.82, 2.24) is 10.6 Å². The highest BCUT2D eigenvalue weighted by atomic mass is 16.5. The van der Waals surface area contributed by atoms with E-state index >= 15 is 0 Å². The van der Waals surface area contributed by atoms with Crippen LogP contribution in [0.25, 0.3) is 0 Å². The van der Waals surface area contributed by atoms with Crippen LogP contribution in [-0.4, -0.2) is 49.3 Å². The molecular weight excluding hydrogens is 362 g/mol. The molecule has 0 heterocycles. The minimum atomic E-state index is -0.891. The minimum Gasteiger partial charge on any atom is -0.497 e. The Hall–Kier alpha value is -2.32. The largest absolute Gasteiger partial charge is 0.497 e. The number of hydrogen-bond acceptors (Lipinski definition) is 6. The summed E-state index contributed by atoms with van der Waals surface area (Å²) in [5, 5.41) is 15.4. The SMILES string of the molecule is COc1cc(CNC(=O)CC(NC(=O)[C@@H](N)CC(C)C)[C@H](C)O)cc(OC)c1. The van der Waals surface area contributed by atoms with Crippen molar-refractivity contribution in [2.24, 2.45) is 11.7 Å². The minimum absolute atomic E-state index is 0.0566. The van der Waals surface area contributed by atoms with Crippen LogP contribution in [0, 0.1) is 5.92 Å². The highest BCUT2D eigenvalue weighted by Gasteiger charge is 2.24. The molecular formula is C20H33N3O5. The number of rotatable bonds is 11. The maximum absolute atomic E-state index is 12.3. The first-order valence-corrected chi connectivity index (χ1v) is 9.38. The Kier molecular flexibility index (Phi) is 9.75. The van der Waals surface area contributed by atoms with Gasteiger partial charge in [0.25, 0.3) is 0 Å². The standard InChI is InChI=1S/C20H33N3O5/c1-12(2)6-17(21)20(26)23-18(13(3)24)10-19(25)22-11-14-7-15(27-4)9-16(8-14)28-5/h7-9,12-13,17-18,24H,6,10-11,21H2,1-5H3,(H,22,25)(H,23,26)/t13-,17-,18?/m0/s1. The van der Waals surface area contributed by atoms with Gasteiger partial charge in [-0.15, -0.1) is 0 Å². The summed E-state index contributed by atoms with van der Waals surface area (Å²) in [6.45, 7) is 5.74. The van der Waals surface area contributed by atoms with Gasteiger partial charge in [0, 0.05) is 19.0 Å². The number of carbonyl (C=O) groups is 2. The molecule has 2 amide bonds.